The Hall–Kier alpha value is -0.0800. The van der Waals surface area contributed by atoms with Crippen LogP contribution in [0.25, 0.3) is 0 Å². The van der Waals surface area contributed by atoms with Gasteiger partial charge in [0.15, 0.2) is 0 Å². The normalized spacial score (nSPS) is 18.0. The highest BCUT2D eigenvalue weighted by Crippen LogP contribution is 2.30. The predicted octanol–water partition coefficient (Wildman–Crippen LogP) is 3.28. The minimum atomic E-state index is 0.765. The summed E-state index contributed by atoms with van der Waals surface area (Å²) in [6.45, 7) is 12.9. The Labute approximate surface area is 108 Å². The Balaban J connectivity index is 2.44. The minimum absolute atomic E-state index is 0.765. The molecule has 0 aromatic rings. The molecule has 1 aliphatic rings. The van der Waals surface area contributed by atoms with Gasteiger partial charge in [-0.2, -0.15) is 0 Å². The SMILES string of the molecule is CCCNCC(CCC)N(CC(C)C)C1CC1. The third kappa shape index (κ3) is 5.87. The molecule has 0 spiro atoms. The van der Waals surface area contributed by atoms with E-state index in [9.17, 15) is 0 Å². The molecule has 0 bridgehead atoms. The van der Waals surface area contributed by atoms with Crippen LogP contribution >= 0.6 is 0 Å². The van der Waals surface area contributed by atoms with Crippen LogP contribution in [-0.4, -0.2) is 36.6 Å². The second-order valence-electron chi connectivity index (χ2n) is 5.97. The van der Waals surface area contributed by atoms with Crippen LogP contribution < -0.4 is 5.32 Å². The van der Waals surface area contributed by atoms with Gasteiger partial charge in [0.25, 0.3) is 0 Å². The fourth-order valence-electron chi connectivity index (χ4n) is 2.59. The quantitative estimate of drug-likeness (QED) is 0.590. The Morgan fingerprint density at radius 2 is 1.88 bits per heavy atom. The number of nitrogens with zero attached hydrogens (tertiary/aromatic N) is 1. The van der Waals surface area contributed by atoms with Gasteiger partial charge in [0.1, 0.15) is 0 Å². The summed E-state index contributed by atoms with van der Waals surface area (Å²) in [7, 11) is 0. The van der Waals surface area contributed by atoms with Gasteiger partial charge in [-0.3, -0.25) is 4.90 Å². The summed E-state index contributed by atoms with van der Waals surface area (Å²) in [5.41, 5.74) is 0. The average Bonchev–Trinajstić information content (AvgIpc) is 3.09. The lowest BCUT2D eigenvalue weighted by Crippen LogP contribution is -2.45. The molecule has 2 heteroatoms. The van der Waals surface area contributed by atoms with Gasteiger partial charge in [0.2, 0.25) is 0 Å². The Morgan fingerprint density at radius 3 is 2.35 bits per heavy atom. The van der Waals surface area contributed by atoms with Crippen molar-refractivity contribution < 1.29 is 0 Å². The zero-order chi connectivity index (χ0) is 12.7. The fraction of sp³-hybridized carbons (Fsp3) is 1.00. The van der Waals surface area contributed by atoms with Gasteiger partial charge in [-0.1, -0.05) is 34.1 Å². The van der Waals surface area contributed by atoms with Gasteiger partial charge >= 0.3 is 0 Å². The molecule has 0 saturated heterocycles. The highest BCUT2D eigenvalue weighted by Gasteiger charge is 2.33. The van der Waals surface area contributed by atoms with E-state index in [1.807, 2.05) is 0 Å². The van der Waals surface area contributed by atoms with E-state index < -0.39 is 0 Å². The van der Waals surface area contributed by atoms with E-state index in [1.54, 1.807) is 0 Å². The second kappa shape index (κ2) is 8.10. The minimum Gasteiger partial charge on any atom is -0.315 e. The smallest absolute Gasteiger partial charge is 0.0223 e. The first kappa shape index (κ1) is 15.0. The molecule has 1 N–H and O–H groups in total. The first-order valence-corrected chi connectivity index (χ1v) is 7.65. The molecule has 1 fully saturated rings. The standard InChI is InChI=1S/C15H32N2/c1-5-7-15(11-16-10-6-2)17(12-13(3)4)14-8-9-14/h13-16H,5-12H2,1-4H3. The molecule has 0 aromatic carbocycles. The maximum Gasteiger partial charge on any atom is 0.0223 e. The van der Waals surface area contributed by atoms with Crippen LogP contribution in [0.3, 0.4) is 0 Å². The number of rotatable bonds is 10. The summed E-state index contributed by atoms with van der Waals surface area (Å²) in [6, 6.07) is 1.67. The lowest BCUT2D eigenvalue weighted by molar-refractivity contribution is 0.153. The first-order chi connectivity index (χ1) is 8.19. The fourth-order valence-corrected chi connectivity index (χ4v) is 2.59. The second-order valence-corrected chi connectivity index (χ2v) is 5.97. The predicted molar refractivity (Wildman–Crippen MR) is 76.4 cm³/mol. The van der Waals surface area contributed by atoms with Crippen molar-refractivity contribution in [3.8, 4) is 0 Å². The zero-order valence-corrected chi connectivity index (χ0v) is 12.3. The van der Waals surface area contributed by atoms with Crippen molar-refractivity contribution in [2.75, 3.05) is 19.6 Å². The Kier molecular flexibility index (Phi) is 7.14. The number of nitrogens with one attached hydrogen (secondary N) is 1. The van der Waals surface area contributed by atoms with Gasteiger partial charge in [-0.15, -0.1) is 0 Å². The van der Waals surface area contributed by atoms with Gasteiger partial charge < -0.3 is 5.32 Å². The molecule has 0 aromatic heterocycles. The Bertz CT molecular complexity index is 187. The Morgan fingerprint density at radius 1 is 1.18 bits per heavy atom. The zero-order valence-electron chi connectivity index (χ0n) is 12.3. The van der Waals surface area contributed by atoms with Crippen molar-refractivity contribution in [3.05, 3.63) is 0 Å². The summed E-state index contributed by atoms with van der Waals surface area (Å²) in [4.78, 5) is 2.79. The lowest BCUT2D eigenvalue weighted by Gasteiger charge is -2.33. The molecule has 17 heavy (non-hydrogen) atoms. The van der Waals surface area contributed by atoms with Crippen LogP contribution in [0, 0.1) is 5.92 Å². The topological polar surface area (TPSA) is 15.3 Å². The van der Waals surface area contributed by atoms with Gasteiger partial charge in [0.05, 0.1) is 0 Å². The highest BCUT2D eigenvalue weighted by atomic mass is 15.2. The van der Waals surface area contributed by atoms with Crippen molar-refractivity contribution in [2.45, 2.75) is 71.9 Å². The van der Waals surface area contributed by atoms with Crippen LogP contribution in [0.5, 0.6) is 0 Å². The van der Waals surface area contributed by atoms with Crippen molar-refractivity contribution in [2.24, 2.45) is 5.92 Å². The molecule has 0 aliphatic heterocycles. The van der Waals surface area contributed by atoms with Gasteiger partial charge in [-0.05, 0) is 38.1 Å². The van der Waals surface area contributed by atoms with Crippen LogP contribution in [0.15, 0.2) is 0 Å². The summed E-state index contributed by atoms with van der Waals surface area (Å²) in [5, 5.41) is 3.61. The summed E-state index contributed by atoms with van der Waals surface area (Å²) in [5.74, 6) is 0.793. The number of hydrogen-bond donors (Lipinski definition) is 1. The van der Waals surface area contributed by atoms with E-state index in [2.05, 4.69) is 37.9 Å². The van der Waals surface area contributed by atoms with Gasteiger partial charge in [-0.25, -0.2) is 0 Å². The lowest BCUT2D eigenvalue weighted by atomic mass is 10.1. The molecule has 2 nitrogen and oxygen atoms in total. The van der Waals surface area contributed by atoms with Crippen molar-refractivity contribution in [1.82, 2.24) is 10.2 Å². The molecule has 1 unspecified atom stereocenters. The van der Waals surface area contributed by atoms with E-state index in [-0.39, 0.29) is 0 Å². The monoisotopic (exact) mass is 240 g/mol. The first-order valence-electron chi connectivity index (χ1n) is 7.65. The average molecular weight is 240 g/mol. The molecular formula is C15H32N2. The summed E-state index contributed by atoms with van der Waals surface area (Å²) < 4.78 is 0. The number of hydrogen-bond acceptors (Lipinski definition) is 2. The molecule has 0 radical (unpaired) electrons. The van der Waals surface area contributed by atoms with Gasteiger partial charge in [0, 0.05) is 25.2 Å². The summed E-state index contributed by atoms with van der Waals surface area (Å²) in [6.07, 6.45) is 6.76. The van der Waals surface area contributed by atoms with Crippen molar-refractivity contribution in [1.29, 1.82) is 0 Å². The van der Waals surface area contributed by atoms with Crippen LogP contribution in [0.2, 0.25) is 0 Å². The van der Waals surface area contributed by atoms with E-state index >= 15 is 0 Å². The van der Waals surface area contributed by atoms with E-state index in [0.29, 0.717) is 0 Å². The molecule has 0 amide bonds. The molecule has 1 atom stereocenters. The maximum atomic E-state index is 3.61. The third-order valence-electron chi connectivity index (χ3n) is 3.49. The van der Waals surface area contributed by atoms with E-state index in [4.69, 9.17) is 0 Å². The van der Waals surface area contributed by atoms with E-state index in [0.717, 1.165) is 18.0 Å². The maximum absolute atomic E-state index is 3.61. The molecule has 1 rings (SSSR count). The third-order valence-corrected chi connectivity index (χ3v) is 3.49. The van der Waals surface area contributed by atoms with Crippen molar-refractivity contribution in [3.63, 3.8) is 0 Å². The largest absolute Gasteiger partial charge is 0.315 e. The molecule has 0 heterocycles. The molecule has 102 valence electrons. The molecule has 1 aliphatic carbocycles. The van der Waals surface area contributed by atoms with Crippen LogP contribution in [0.1, 0.15) is 59.8 Å². The molecule has 1 saturated carbocycles. The summed E-state index contributed by atoms with van der Waals surface area (Å²) >= 11 is 0. The highest BCUT2D eigenvalue weighted by molar-refractivity contribution is 4.89. The van der Waals surface area contributed by atoms with Crippen LogP contribution in [-0.2, 0) is 0 Å². The van der Waals surface area contributed by atoms with E-state index in [1.165, 1.54) is 51.7 Å². The van der Waals surface area contributed by atoms with Crippen LogP contribution in [0.4, 0.5) is 0 Å². The van der Waals surface area contributed by atoms with Crippen molar-refractivity contribution >= 4 is 0 Å². The molecular weight excluding hydrogens is 208 g/mol.